The van der Waals surface area contributed by atoms with E-state index in [1.54, 1.807) is 0 Å². The molecule has 0 spiro atoms. The van der Waals surface area contributed by atoms with Crippen LogP contribution in [0.25, 0.3) is 0 Å². The van der Waals surface area contributed by atoms with Crippen molar-refractivity contribution in [2.45, 2.75) is 51.1 Å². The predicted molar refractivity (Wildman–Crippen MR) is 84.4 cm³/mol. The lowest BCUT2D eigenvalue weighted by molar-refractivity contribution is -0.193. The number of aliphatic hydroxyl groups excluding tert-OH is 1. The summed E-state index contributed by atoms with van der Waals surface area (Å²) in [6.07, 6.45) is -3.01. The molecule has 3 rings (SSSR count). The van der Waals surface area contributed by atoms with Crippen molar-refractivity contribution in [1.29, 1.82) is 0 Å². The minimum absolute atomic E-state index is 0.0291. The zero-order chi connectivity index (χ0) is 17.5. The lowest BCUT2D eigenvalue weighted by Crippen LogP contribution is -2.69. The zero-order valence-corrected chi connectivity index (χ0v) is 13.9. The Kier molecular flexibility index (Phi) is 4.66. The van der Waals surface area contributed by atoms with Crippen LogP contribution in [0.2, 0.25) is 0 Å². The number of hydrogen-bond donors (Lipinski definition) is 2. The van der Waals surface area contributed by atoms with Gasteiger partial charge >= 0.3 is 6.18 Å². The van der Waals surface area contributed by atoms with Gasteiger partial charge in [-0.1, -0.05) is 26.0 Å². The van der Waals surface area contributed by atoms with E-state index in [4.69, 9.17) is 4.74 Å². The molecule has 1 aliphatic heterocycles. The Morgan fingerprint density at radius 3 is 2.83 bits per heavy atom. The molecule has 1 aromatic rings. The SMILES string of the molecule is CC1(C)C(NCC(O)c2cccc(C(F)(F)F)c2)C2CCCOC21. The Morgan fingerprint density at radius 1 is 1.38 bits per heavy atom. The number of nitrogens with one attached hydrogen (secondary N) is 1. The van der Waals surface area contributed by atoms with Crippen LogP contribution in [0.5, 0.6) is 0 Å². The first-order valence-corrected chi connectivity index (χ1v) is 8.41. The molecule has 6 heteroatoms. The molecule has 0 amide bonds. The second kappa shape index (κ2) is 6.32. The summed E-state index contributed by atoms with van der Waals surface area (Å²) < 4.78 is 44.2. The van der Waals surface area contributed by atoms with E-state index in [9.17, 15) is 18.3 Å². The largest absolute Gasteiger partial charge is 0.416 e. The topological polar surface area (TPSA) is 41.5 Å². The van der Waals surface area contributed by atoms with E-state index in [1.165, 1.54) is 12.1 Å². The maximum absolute atomic E-state index is 12.8. The van der Waals surface area contributed by atoms with Crippen molar-refractivity contribution in [2.75, 3.05) is 13.2 Å². The molecule has 0 radical (unpaired) electrons. The highest BCUT2D eigenvalue weighted by molar-refractivity contribution is 5.27. The second-order valence-electron chi connectivity index (χ2n) is 7.44. The number of alkyl halides is 3. The van der Waals surface area contributed by atoms with Gasteiger partial charge in [-0.3, -0.25) is 0 Å². The number of fused-ring (bicyclic) bond motifs is 1. The van der Waals surface area contributed by atoms with Crippen LogP contribution in [0.15, 0.2) is 24.3 Å². The van der Waals surface area contributed by atoms with E-state index >= 15 is 0 Å². The summed E-state index contributed by atoms with van der Waals surface area (Å²) >= 11 is 0. The Bertz CT molecular complexity index is 588. The maximum Gasteiger partial charge on any atom is 0.416 e. The summed E-state index contributed by atoms with van der Waals surface area (Å²) in [5.41, 5.74) is -0.479. The average Bonchev–Trinajstić information content (AvgIpc) is 2.54. The van der Waals surface area contributed by atoms with Gasteiger partial charge in [0.25, 0.3) is 0 Å². The third-order valence-corrected chi connectivity index (χ3v) is 5.46. The molecule has 1 saturated heterocycles. The molecular formula is C18H24F3NO2. The highest BCUT2D eigenvalue weighted by Crippen LogP contribution is 2.51. The summed E-state index contributed by atoms with van der Waals surface area (Å²) in [5.74, 6) is 0.419. The smallest absolute Gasteiger partial charge is 0.387 e. The summed E-state index contributed by atoms with van der Waals surface area (Å²) in [7, 11) is 0. The molecule has 2 fully saturated rings. The summed E-state index contributed by atoms with van der Waals surface area (Å²) in [5, 5.41) is 13.6. The quantitative estimate of drug-likeness (QED) is 0.879. The van der Waals surface area contributed by atoms with E-state index in [1.807, 2.05) is 0 Å². The Hall–Kier alpha value is -1.11. The van der Waals surface area contributed by atoms with Gasteiger partial charge < -0.3 is 15.2 Å². The lowest BCUT2D eigenvalue weighted by atomic mass is 9.55. The minimum atomic E-state index is -4.40. The van der Waals surface area contributed by atoms with Crippen LogP contribution in [-0.4, -0.2) is 30.4 Å². The first kappa shape index (κ1) is 17.7. The molecule has 24 heavy (non-hydrogen) atoms. The third-order valence-electron chi connectivity index (χ3n) is 5.46. The van der Waals surface area contributed by atoms with Crippen LogP contribution >= 0.6 is 0 Å². The van der Waals surface area contributed by atoms with Crippen molar-refractivity contribution in [2.24, 2.45) is 11.3 Å². The van der Waals surface area contributed by atoms with Crippen LogP contribution in [0.4, 0.5) is 13.2 Å². The molecular weight excluding hydrogens is 319 g/mol. The van der Waals surface area contributed by atoms with Crippen molar-refractivity contribution >= 4 is 0 Å². The van der Waals surface area contributed by atoms with Gasteiger partial charge in [0.15, 0.2) is 0 Å². The van der Waals surface area contributed by atoms with Gasteiger partial charge in [-0.15, -0.1) is 0 Å². The van der Waals surface area contributed by atoms with E-state index in [2.05, 4.69) is 19.2 Å². The molecule has 2 N–H and O–H groups in total. The van der Waals surface area contributed by atoms with Crippen LogP contribution in [0.1, 0.15) is 43.9 Å². The van der Waals surface area contributed by atoms with Gasteiger partial charge in [-0.2, -0.15) is 13.2 Å². The van der Waals surface area contributed by atoms with Crippen LogP contribution in [0, 0.1) is 11.3 Å². The normalized spacial score (nSPS) is 30.3. The molecule has 1 heterocycles. The number of benzene rings is 1. The fourth-order valence-electron chi connectivity index (χ4n) is 4.22. The average molecular weight is 343 g/mol. The van der Waals surface area contributed by atoms with Gasteiger partial charge in [-0.05, 0) is 30.5 Å². The molecule has 3 nitrogen and oxygen atoms in total. The van der Waals surface area contributed by atoms with Crippen LogP contribution in [-0.2, 0) is 10.9 Å². The van der Waals surface area contributed by atoms with E-state index in [0.29, 0.717) is 5.92 Å². The van der Waals surface area contributed by atoms with Crippen molar-refractivity contribution in [3.8, 4) is 0 Å². The number of rotatable bonds is 4. The minimum Gasteiger partial charge on any atom is -0.387 e. The highest BCUT2D eigenvalue weighted by Gasteiger charge is 2.57. The molecule has 4 atom stereocenters. The first-order valence-electron chi connectivity index (χ1n) is 8.41. The van der Waals surface area contributed by atoms with Gasteiger partial charge in [-0.25, -0.2) is 0 Å². The molecule has 0 bridgehead atoms. The standard InChI is InChI=1S/C18H24F3NO2/c1-17(2)15(13-7-4-8-24-16(13)17)22-10-14(23)11-5-3-6-12(9-11)18(19,20)21/h3,5-6,9,13-16,22-23H,4,7-8,10H2,1-2H3. The fraction of sp³-hybridized carbons (Fsp3) is 0.667. The molecule has 1 aromatic carbocycles. The summed E-state index contributed by atoms with van der Waals surface area (Å²) in [6.45, 7) is 5.30. The van der Waals surface area contributed by atoms with Crippen molar-refractivity contribution < 1.29 is 23.0 Å². The van der Waals surface area contributed by atoms with Gasteiger partial charge in [0.05, 0.1) is 17.8 Å². The zero-order valence-electron chi connectivity index (χ0n) is 13.9. The second-order valence-corrected chi connectivity index (χ2v) is 7.44. The third kappa shape index (κ3) is 3.19. The van der Waals surface area contributed by atoms with Gasteiger partial charge in [0, 0.05) is 30.5 Å². The number of aliphatic hydroxyl groups is 1. The Labute approximate surface area is 140 Å². The Balaban J connectivity index is 1.63. The predicted octanol–water partition coefficient (Wildman–Crippen LogP) is 3.53. The van der Waals surface area contributed by atoms with Crippen LogP contribution < -0.4 is 5.32 Å². The molecule has 2 aliphatic rings. The van der Waals surface area contributed by atoms with E-state index < -0.39 is 17.8 Å². The monoisotopic (exact) mass is 343 g/mol. The van der Waals surface area contributed by atoms with E-state index in [-0.39, 0.29) is 29.7 Å². The highest BCUT2D eigenvalue weighted by atomic mass is 19.4. The molecule has 1 aliphatic carbocycles. The molecule has 4 unspecified atom stereocenters. The molecule has 1 saturated carbocycles. The van der Waals surface area contributed by atoms with Crippen molar-refractivity contribution in [3.63, 3.8) is 0 Å². The first-order chi connectivity index (χ1) is 11.2. The van der Waals surface area contributed by atoms with Crippen LogP contribution in [0.3, 0.4) is 0 Å². The molecule has 0 aromatic heterocycles. The molecule has 134 valence electrons. The lowest BCUT2D eigenvalue weighted by Gasteiger charge is -2.60. The van der Waals surface area contributed by atoms with Gasteiger partial charge in [0.2, 0.25) is 0 Å². The van der Waals surface area contributed by atoms with E-state index in [0.717, 1.165) is 31.6 Å². The summed E-state index contributed by atoms with van der Waals surface area (Å²) in [6, 6.07) is 5.11. The van der Waals surface area contributed by atoms with Crippen molar-refractivity contribution in [3.05, 3.63) is 35.4 Å². The Morgan fingerprint density at radius 2 is 2.12 bits per heavy atom. The maximum atomic E-state index is 12.8. The fourth-order valence-corrected chi connectivity index (χ4v) is 4.22. The van der Waals surface area contributed by atoms with Crippen molar-refractivity contribution in [1.82, 2.24) is 5.32 Å². The van der Waals surface area contributed by atoms with Gasteiger partial charge in [0.1, 0.15) is 0 Å². The number of hydrogen-bond acceptors (Lipinski definition) is 3. The number of ether oxygens (including phenoxy) is 1. The summed E-state index contributed by atoms with van der Waals surface area (Å²) in [4.78, 5) is 0. The number of halogens is 3.